The molecule has 1 aromatic carbocycles. The molecule has 0 bridgehead atoms. The maximum atomic E-state index is 13.1. The van der Waals surface area contributed by atoms with Gasteiger partial charge in [-0.15, -0.1) is 0 Å². The minimum atomic E-state index is -1.19. The molecule has 0 aliphatic heterocycles. The van der Waals surface area contributed by atoms with Gasteiger partial charge in [0.15, 0.2) is 11.6 Å². The summed E-state index contributed by atoms with van der Waals surface area (Å²) in [4.78, 5) is 0. The average molecular weight is 186 g/mol. The fraction of sp³-hybridized carbons (Fsp3) is 0.333. The van der Waals surface area contributed by atoms with Crippen molar-refractivity contribution in [3.63, 3.8) is 0 Å². The van der Waals surface area contributed by atoms with E-state index in [1.807, 2.05) is 0 Å². The normalized spacial score (nSPS) is 18.7. The van der Waals surface area contributed by atoms with Crippen molar-refractivity contribution < 1.29 is 19.0 Å². The number of halogens is 2. The number of rotatable bonds is 1. The molecule has 0 saturated heterocycles. The number of hydrogen-bond acceptors (Lipinski definition) is 2. The van der Waals surface area contributed by atoms with Crippen molar-refractivity contribution in [3.8, 4) is 5.75 Å². The van der Waals surface area contributed by atoms with Gasteiger partial charge in [-0.2, -0.15) is 0 Å². The summed E-state index contributed by atoms with van der Waals surface area (Å²) in [5.74, 6) is -2.45. The Morgan fingerprint density at radius 1 is 1.15 bits per heavy atom. The molecule has 1 aliphatic rings. The van der Waals surface area contributed by atoms with Gasteiger partial charge in [0.25, 0.3) is 0 Å². The van der Waals surface area contributed by atoms with E-state index in [1.54, 1.807) is 0 Å². The second-order valence-electron chi connectivity index (χ2n) is 3.32. The molecule has 1 aliphatic carbocycles. The molecule has 0 radical (unpaired) electrons. The summed E-state index contributed by atoms with van der Waals surface area (Å²) in [6.07, 6.45) is 0.907. The first-order chi connectivity index (χ1) is 6.03. The highest BCUT2D eigenvalue weighted by Crippen LogP contribution is 2.47. The van der Waals surface area contributed by atoms with Crippen LogP contribution in [0.25, 0.3) is 0 Å². The second kappa shape index (κ2) is 2.42. The van der Waals surface area contributed by atoms with Crippen LogP contribution in [0.3, 0.4) is 0 Å². The second-order valence-corrected chi connectivity index (χ2v) is 3.32. The van der Waals surface area contributed by atoms with Gasteiger partial charge in [-0.1, -0.05) is 0 Å². The Morgan fingerprint density at radius 3 is 2.31 bits per heavy atom. The maximum absolute atomic E-state index is 13.1. The molecule has 0 aromatic heterocycles. The lowest BCUT2D eigenvalue weighted by molar-refractivity contribution is 0.146. The molecule has 2 nitrogen and oxygen atoms in total. The average Bonchev–Trinajstić information content (AvgIpc) is 2.77. The fourth-order valence-electron chi connectivity index (χ4n) is 1.28. The number of aliphatic hydroxyl groups is 1. The van der Waals surface area contributed by atoms with Gasteiger partial charge in [0, 0.05) is 11.6 Å². The SMILES string of the molecule is Oc1cc(C2(O)CC2)c(F)cc1F. The van der Waals surface area contributed by atoms with Crippen molar-refractivity contribution in [2.45, 2.75) is 18.4 Å². The summed E-state index contributed by atoms with van der Waals surface area (Å²) in [7, 11) is 0. The summed E-state index contributed by atoms with van der Waals surface area (Å²) in [6, 6.07) is 1.53. The van der Waals surface area contributed by atoms with Gasteiger partial charge in [0.2, 0.25) is 0 Å². The Bertz CT molecular complexity index is 359. The van der Waals surface area contributed by atoms with Gasteiger partial charge >= 0.3 is 0 Å². The third kappa shape index (κ3) is 1.27. The first kappa shape index (κ1) is 8.44. The predicted molar refractivity (Wildman–Crippen MR) is 41.2 cm³/mol. The Morgan fingerprint density at radius 2 is 1.77 bits per heavy atom. The van der Waals surface area contributed by atoms with Crippen molar-refractivity contribution in [1.82, 2.24) is 0 Å². The maximum Gasteiger partial charge on any atom is 0.167 e. The van der Waals surface area contributed by atoms with Gasteiger partial charge in [-0.05, 0) is 18.9 Å². The van der Waals surface area contributed by atoms with Crippen LogP contribution in [0.4, 0.5) is 8.78 Å². The first-order valence-electron chi connectivity index (χ1n) is 3.94. The standard InChI is InChI=1S/C9H8F2O2/c10-6-4-7(11)8(12)3-5(6)9(13)1-2-9/h3-4,12-13H,1-2H2. The molecule has 1 aromatic rings. The Labute approximate surface area is 73.4 Å². The number of phenols is 1. The van der Waals surface area contributed by atoms with E-state index in [9.17, 15) is 13.9 Å². The highest BCUT2D eigenvalue weighted by molar-refractivity contribution is 5.36. The summed E-state index contributed by atoms with van der Waals surface area (Å²) in [6.45, 7) is 0. The van der Waals surface area contributed by atoms with Crippen molar-refractivity contribution >= 4 is 0 Å². The zero-order valence-electron chi connectivity index (χ0n) is 6.72. The minimum absolute atomic E-state index is 0.0219. The summed E-state index contributed by atoms with van der Waals surface area (Å²) < 4.78 is 25.7. The van der Waals surface area contributed by atoms with Gasteiger partial charge in [0.05, 0.1) is 5.60 Å². The zero-order chi connectivity index (χ0) is 9.64. The Balaban J connectivity index is 2.52. The number of hydrogen-bond donors (Lipinski definition) is 2. The van der Waals surface area contributed by atoms with Crippen LogP contribution in [0.5, 0.6) is 5.75 Å². The van der Waals surface area contributed by atoms with Gasteiger partial charge in [-0.25, -0.2) is 8.78 Å². The quantitative estimate of drug-likeness (QED) is 0.700. The number of phenolic OH excluding ortho intramolecular Hbond substituents is 1. The third-order valence-corrected chi connectivity index (χ3v) is 2.26. The van der Waals surface area contributed by atoms with Crippen LogP contribution in [0.2, 0.25) is 0 Å². The molecule has 0 spiro atoms. The molecule has 1 fully saturated rings. The summed E-state index contributed by atoms with van der Waals surface area (Å²) in [5.41, 5.74) is -1.21. The van der Waals surface area contributed by atoms with E-state index >= 15 is 0 Å². The lowest BCUT2D eigenvalue weighted by Crippen LogP contribution is -2.07. The predicted octanol–water partition coefficient (Wildman–Crippen LogP) is 1.65. The van der Waals surface area contributed by atoms with Crippen LogP contribution in [0, 0.1) is 11.6 Å². The monoisotopic (exact) mass is 186 g/mol. The highest BCUT2D eigenvalue weighted by Gasteiger charge is 2.44. The molecule has 13 heavy (non-hydrogen) atoms. The van der Waals surface area contributed by atoms with E-state index in [1.165, 1.54) is 0 Å². The van der Waals surface area contributed by atoms with Crippen LogP contribution >= 0.6 is 0 Å². The molecule has 0 amide bonds. The van der Waals surface area contributed by atoms with Crippen molar-refractivity contribution in [2.75, 3.05) is 0 Å². The van der Waals surface area contributed by atoms with Gasteiger partial charge in [-0.3, -0.25) is 0 Å². The molecule has 0 unspecified atom stereocenters. The van der Waals surface area contributed by atoms with Gasteiger partial charge < -0.3 is 10.2 Å². The molecule has 1 saturated carbocycles. The largest absolute Gasteiger partial charge is 0.505 e. The molecule has 2 N–H and O–H groups in total. The smallest absolute Gasteiger partial charge is 0.167 e. The number of aromatic hydroxyl groups is 1. The van der Waals surface area contributed by atoms with E-state index in [0.717, 1.165) is 6.07 Å². The first-order valence-corrected chi connectivity index (χ1v) is 3.94. The van der Waals surface area contributed by atoms with E-state index < -0.39 is 23.0 Å². The van der Waals surface area contributed by atoms with Crippen LogP contribution in [0.15, 0.2) is 12.1 Å². The molecule has 0 heterocycles. The van der Waals surface area contributed by atoms with E-state index in [0.29, 0.717) is 18.9 Å². The summed E-state index contributed by atoms with van der Waals surface area (Å²) in [5, 5.41) is 18.5. The van der Waals surface area contributed by atoms with Crippen LogP contribution in [0.1, 0.15) is 18.4 Å². The fourth-order valence-corrected chi connectivity index (χ4v) is 1.28. The van der Waals surface area contributed by atoms with Crippen LogP contribution in [-0.2, 0) is 5.60 Å². The molecule has 0 atom stereocenters. The third-order valence-electron chi connectivity index (χ3n) is 2.26. The Kier molecular flexibility index (Phi) is 1.57. The zero-order valence-corrected chi connectivity index (χ0v) is 6.72. The summed E-state index contributed by atoms with van der Waals surface area (Å²) >= 11 is 0. The lowest BCUT2D eigenvalue weighted by atomic mass is 10.1. The Hall–Kier alpha value is -1.16. The molecular weight excluding hydrogens is 178 g/mol. The molecular formula is C9H8F2O2. The van der Waals surface area contributed by atoms with Crippen molar-refractivity contribution in [2.24, 2.45) is 0 Å². The topological polar surface area (TPSA) is 40.5 Å². The molecule has 70 valence electrons. The van der Waals surface area contributed by atoms with E-state index in [2.05, 4.69) is 0 Å². The van der Waals surface area contributed by atoms with E-state index in [-0.39, 0.29) is 5.56 Å². The highest BCUT2D eigenvalue weighted by atomic mass is 19.1. The van der Waals surface area contributed by atoms with Crippen molar-refractivity contribution in [1.29, 1.82) is 0 Å². The van der Waals surface area contributed by atoms with Crippen LogP contribution < -0.4 is 0 Å². The molecule has 2 rings (SSSR count). The lowest BCUT2D eigenvalue weighted by Gasteiger charge is -2.09. The molecule has 4 heteroatoms. The van der Waals surface area contributed by atoms with Crippen LogP contribution in [-0.4, -0.2) is 10.2 Å². The van der Waals surface area contributed by atoms with Crippen molar-refractivity contribution in [3.05, 3.63) is 29.3 Å². The van der Waals surface area contributed by atoms with E-state index in [4.69, 9.17) is 5.11 Å². The minimum Gasteiger partial charge on any atom is -0.505 e. The van der Waals surface area contributed by atoms with Gasteiger partial charge in [0.1, 0.15) is 5.82 Å². The number of benzene rings is 1.